The lowest BCUT2D eigenvalue weighted by Gasteiger charge is -2.42. The number of hydrogen-bond donors (Lipinski definition) is 0. The Morgan fingerprint density at radius 3 is 2.79 bits per heavy atom. The normalized spacial score (nSPS) is 36.1. The standard InChI is InChI=1S/C16H20O3/c1-18-14-8-11-5-3-4-10-6-13(16(17)19-2)7-12(9-14)15(10)11/h3-5,9,11,13-15H,6-8H2,1-2H3. The van der Waals surface area contributed by atoms with Crippen LogP contribution in [0, 0.1) is 17.8 Å². The number of hydrogen-bond acceptors (Lipinski definition) is 3. The second kappa shape index (κ2) is 4.97. The number of carbonyl (C=O) groups excluding carboxylic acids is 1. The third-order valence-corrected chi connectivity index (χ3v) is 4.60. The first kappa shape index (κ1) is 12.7. The fourth-order valence-electron chi connectivity index (χ4n) is 3.75. The Morgan fingerprint density at radius 2 is 2.05 bits per heavy atom. The molecule has 4 atom stereocenters. The van der Waals surface area contributed by atoms with Gasteiger partial charge in [-0.1, -0.05) is 35.5 Å². The molecule has 0 aromatic carbocycles. The molecule has 0 spiro atoms. The number of carbonyl (C=O) groups is 1. The van der Waals surface area contributed by atoms with Gasteiger partial charge in [0, 0.05) is 13.0 Å². The predicted octanol–water partition coefficient (Wildman–Crippen LogP) is 2.64. The number of methoxy groups -OCH3 is 2. The van der Waals surface area contributed by atoms with Crippen LogP contribution < -0.4 is 0 Å². The summed E-state index contributed by atoms with van der Waals surface area (Å²) in [7, 11) is 3.23. The van der Waals surface area contributed by atoms with Crippen LogP contribution in [0.3, 0.4) is 0 Å². The zero-order valence-electron chi connectivity index (χ0n) is 11.5. The summed E-state index contributed by atoms with van der Waals surface area (Å²) in [6.07, 6.45) is 11.7. The van der Waals surface area contributed by atoms with Crippen molar-refractivity contribution in [1.82, 2.24) is 0 Å². The van der Waals surface area contributed by atoms with Gasteiger partial charge >= 0.3 is 5.97 Å². The highest BCUT2D eigenvalue weighted by Gasteiger charge is 2.40. The third kappa shape index (κ3) is 2.16. The highest BCUT2D eigenvalue weighted by atomic mass is 16.5. The van der Waals surface area contributed by atoms with Gasteiger partial charge in [0.1, 0.15) is 0 Å². The first-order valence-electron chi connectivity index (χ1n) is 6.91. The second-order valence-electron chi connectivity index (χ2n) is 5.65. The molecule has 0 saturated heterocycles. The summed E-state index contributed by atoms with van der Waals surface area (Å²) in [5.41, 5.74) is 2.75. The quantitative estimate of drug-likeness (QED) is 0.565. The van der Waals surface area contributed by atoms with E-state index >= 15 is 0 Å². The van der Waals surface area contributed by atoms with Crippen molar-refractivity contribution in [3.8, 4) is 0 Å². The van der Waals surface area contributed by atoms with Gasteiger partial charge in [-0.05, 0) is 25.2 Å². The minimum atomic E-state index is -0.0918. The fourth-order valence-corrected chi connectivity index (χ4v) is 3.75. The summed E-state index contributed by atoms with van der Waals surface area (Å²) in [5.74, 6) is 0.910. The monoisotopic (exact) mass is 260 g/mol. The molecule has 0 bridgehead atoms. The van der Waals surface area contributed by atoms with E-state index in [0.29, 0.717) is 11.8 Å². The number of allylic oxidation sites excluding steroid dienone is 5. The Balaban J connectivity index is 1.93. The average Bonchev–Trinajstić information content (AvgIpc) is 2.46. The zero-order valence-corrected chi connectivity index (χ0v) is 11.5. The lowest BCUT2D eigenvalue weighted by atomic mass is 9.63. The van der Waals surface area contributed by atoms with Crippen molar-refractivity contribution < 1.29 is 14.3 Å². The van der Waals surface area contributed by atoms with Gasteiger partial charge in [0.15, 0.2) is 0 Å². The van der Waals surface area contributed by atoms with E-state index in [1.54, 1.807) is 7.11 Å². The molecule has 3 aliphatic carbocycles. The van der Waals surface area contributed by atoms with Gasteiger partial charge in [0.05, 0.1) is 19.1 Å². The first-order chi connectivity index (χ1) is 9.22. The van der Waals surface area contributed by atoms with Crippen LogP contribution in [0.2, 0.25) is 0 Å². The van der Waals surface area contributed by atoms with Crippen LogP contribution in [0.4, 0.5) is 0 Å². The van der Waals surface area contributed by atoms with E-state index in [-0.39, 0.29) is 18.0 Å². The largest absolute Gasteiger partial charge is 0.469 e. The van der Waals surface area contributed by atoms with Crippen molar-refractivity contribution in [2.75, 3.05) is 14.2 Å². The highest BCUT2D eigenvalue weighted by molar-refractivity contribution is 5.74. The molecule has 1 saturated carbocycles. The smallest absolute Gasteiger partial charge is 0.309 e. The average molecular weight is 260 g/mol. The zero-order chi connectivity index (χ0) is 13.4. The van der Waals surface area contributed by atoms with E-state index in [0.717, 1.165) is 19.3 Å². The molecule has 0 aromatic rings. The summed E-state index contributed by atoms with van der Waals surface area (Å²) in [6, 6.07) is 0. The predicted molar refractivity (Wildman–Crippen MR) is 72.4 cm³/mol. The molecule has 3 aliphatic rings. The second-order valence-corrected chi connectivity index (χ2v) is 5.65. The molecule has 0 radical (unpaired) electrons. The van der Waals surface area contributed by atoms with E-state index < -0.39 is 0 Å². The number of rotatable bonds is 2. The molecule has 0 N–H and O–H groups in total. The molecule has 1 fully saturated rings. The van der Waals surface area contributed by atoms with Crippen molar-refractivity contribution in [2.45, 2.75) is 25.4 Å². The number of ether oxygens (including phenoxy) is 2. The maximum atomic E-state index is 11.8. The van der Waals surface area contributed by atoms with E-state index in [4.69, 9.17) is 9.47 Å². The Labute approximate surface area is 114 Å². The maximum absolute atomic E-state index is 11.8. The van der Waals surface area contributed by atoms with E-state index in [1.165, 1.54) is 18.3 Å². The Hall–Kier alpha value is -1.35. The first-order valence-corrected chi connectivity index (χ1v) is 6.91. The topological polar surface area (TPSA) is 35.5 Å². The minimum Gasteiger partial charge on any atom is -0.469 e. The summed E-state index contributed by atoms with van der Waals surface area (Å²) in [6.45, 7) is 0. The third-order valence-electron chi connectivity index (χ3n) is 4.60. The van der Waals surface area contributed by atoms with Gasteiger partial charge in [-0.3, -0.25) is 4.79 Å². The van der Waals surface area contributed by atoms with Gasteiger partial charge in [0.2, 0.25) is 0 Å². The van der Waals surface area contributed by atoms with Crippen LogP contribution in [0.5, 0.6) is 0 Å². The summed E-state index contributed by atoms with van der Waals surface area (Å²) in [5, 5.41) is 0. The van der Waals surface area contributed by atoms with Gasteiger partial charge in [-0.2, -0.15) is 0 Å². The van der Waals surface area contributed by atoms with Crippen molar-refractivity contribution in [3.05, 3.63) is 35.5 Å². The van der Waals surface area contributed by atoms with Crippen LogP contribution >= 0.6 is 0 Å². The van der Waals surface area contributed by atoms with Gasteiger partial charge < -0.3 is 9.47 Å². The molecule has 0 aromatic heterocycles. The molecule has 3 heteroatoms. The fraction of sp³-hybridized carbons (Fsp3) is 0.562. The van der Waals surface area contributed by atoms with E-state index in [9.17, 15) is 4.79 Å². The summed E-state index contributed by atoms with van der Waals surface area (Å²) < 4.78 is 10.4. The molecule has 4 unspecified atom stereocenters. The van der Waals surface area contributed by atoms with Crippen LogP contribution in [0.1, 0.15) is 19.3 Å². The maximum Gasteiger partial charge on any atom is 0.309 e. The van der Waals surface area contributed by atoms with Gasteiger partial charge in [0.25, 0.3) is 0 Å². The molecule has 0 heterocycles. The molecular formula is C16H20O3. The lowest BCUT2D eigenvalue weighted by molar-refractivity contribution is -0.145. The van der Waals surface area contributed by atoms with E-state index in [2.05, 4.69) is 24.3 Å². The summed E-state index contributed by atoms with van der Waals surface area (Å²) >= 11 is 0. The Bertz CT molecular complexity index is 472. The minimum absolute atomic E-state index is 0.0264. The molecule has 102 valence electrons. The van der Waals surface area contributed by atoms with Crippen LogP contribution in [-0.2, 0) is 14.3 Å². The Kier molecular flexibility index (Phi) is 3.31. The molecule has 3 nitrogen and oxygen atoms in total. The SMILES string of the molecule is COC(=O)C1CC2=CC=CC3CC(OC)C=C(C1)C23. The molecule has 0 aliphatic heterocycles. The van der Waals surface area contributed by atoms with Crippen molar-refractivity contribution >= 4 is 5.97 Å². The lowest BCUT2D eigenvalue weighted by Crippen LogP contribution is -2.36. The van der Waals surface area contributed by atoms with Crippen molar-refractivity contribution in [2.24, 2.45) is 17.8 Å². The van der Waals surface area contributed by atoms with Crippen LogP contribution in [0.15, 0.2) is 35.5 Å². The molecular weight excluding hydrogens is 240 g/mol. The highest BCUT2D eigenvalue weighted by Crippen LogP contribution is 2.48. The number of esters is 1. The molecule has 0 amide bonds. The van der Waals surface area contributed by atoms with E-state index in [1.807, 2.05) is 0 Å². The van der Waals surface area contributed by atoms with Gasteiger partial charge in [-0.15, -0.1) is 0 Å². The van der Waals surface area contributed by atoms with Gasteiger partial charge in [-0.25, -0.2) is 0 Å². The van der Waals surface area contributed by atoms with Crippen LogP contribution in [-0.4, -0.2) is 26.3 Å². The van der Waals surface area contributed by atoms with Crippen LogP contribution in [0.25, 0.3) is 0 Å². The van der Waals surface area contributed by atoms with Crippen molar-refractivity contribution in [3.63, 3.8) is 0 Å². The summed E-state index contributed by atoms with van der Waals surface area (Å²) in [4.78, 5) is 11.8. The Morgan fingerprint density at radius 1 is 1.26 bits per heavy atom. The molecule has 3 rings (SSSR count). The van der Waals surface area contributed by atoms with Crippen molar-refractivity contribution in [1.29, 1.82) is 0 Å². The molecule has 19 heavy (non-hydrogen) atoms.